The van der Waals surface area contributed by atoms with Gasteiger partial charge in [-0.1, -0.05) is 42.5 Å². The van der Waals surface area contributed by atoms with Gasteiger partial charge in [0.25, 0.3) is 0 Å². The Bertz CT molecular complexity index is 512. The Morgan fingerprint density at radius 2 is 1.70 bits per heavy atom. The van der Waals surface area contributed by atoms with Crippen LogP contribution in [0.25, 0.3) is 0 Å². The Labute approximate surface area is 125 Å². The second-order valence-corrected chi connectivity index (χ2v) is 5.88. The van der Waals surface area contributed by atoms with E-state index in [9.17, 15) is 5.11 Å². The van der Waals surface area contributed by atoms with Crippen LogP contribution in [0.15, 0.2) is 59.5 Å². The molecular weight excluding hydrogens is 266 g/mol. The molecule has 2 rings (SSSR count). The summed E-state index contributed by atoms with van der Waals surface area (Å²) in [7, 11) is 0. The molecule has 0 radical (unpaired) electrons. The zero-order valence-electron chi connectivity index (χ0n) is 12.0. The van der Waals surface area contributed by atoms with E-state index < -0.39 is 6.10 Å². The van der Waals surface area contributed by atoms with E-state index in [-0.39, 0.29) is 6.04 Å². The molecule has 2 nitrogen and oxygen atoms in total. The summed E-state index contributed by atoms with van der Waals surface area (Å²) in [4.78, 5) is 1.28. The normalized spacial score (nSPS) is 13.9. The number of aliphatic hydroxyl groups is 1. The monoisotopic (exact) mass is 288 g/mol. The lowest BCUT2D eigenvalue weighted by Crippen LogP contribution is -2.88. The fourth-order valence-electron chi connectivity index (χ4n) is 2.17. The molecule has 0 saturated carbocycles. The van der Waals surface area contributed by atoms with Crippen molar-refractivity contribution in [2.45, 2.75) is 30.5 Å². The minimum Gasteiger partial charge on any atom is -0.382 e. The third kappa shape index (κ3) is 4.10. The molecule has 0 heterocycles. The van der Waals surface area contributed by atoms with Gasteiger partial charge in [0, 0.05) is 10.5 Å². The lowest BCUT2D eigenvalue weighted by atomic mass is 10.0. The molecule has 0 spiro atoms. The summed E-state index contributed by atoms with van der Waals surface area (Å²) in [6, 6.07) is 18.6. The lowest BCUT2D eigenvalue weighted by molar-refractivity contribution is -0.709. The highest BCUT2D eigenvalue weighted by Gasteiger charge is 2.18. The van der Waals surface area contributed by atoms with Crippen LogP contribution in [-0.4, -0.2) is 17.4 Å². The van der Waals surface area contributed by atoms with Gasteiger partial charge in [-0.2, -0.15) is 0 Å². The second-order valence-electron chi connectivity index (χ2n) is 5.00. The number of hydrogen-bond donors (Lipinski definition) is 2. The van der Waals surface area contributed by atoms with Gasteiger partial charge in [0.05, 0.1) is 0 Å². The summed E-state index contributed by atoms with van der Waals surface area (Å²) in [6.07, 6.45) is 1.65. The molecule has 106 valence electrons. The molecule has 0 saturated heterocycles. The van der Waals surface area contributed by atoms with Crippen LogP contribution >= 0.6 is 11.8 Å². The molecule has 3 heteroatoms. The summed E-state index contributed by atoms with van der Waals surface area (Å²) in [5.41, 5.74) is 2.27. The third-order valence-corrected chi connectivity index (χ3v) is 4.27. The van der Waals surface area contributed by atoms with Crippen molar-refractivity contribution in [1.82, 2.24) is 0 Å². The summed E-state index contributed by atoms with van der Waals surface area (Å²) in [5.74, 6) is 0. The topological polar surface area (TPSA) is 36.8 Å². The van der Waals surface area contributed by atoms with E-state index in [4.69, 9.17) is 0 Å². The fraction of sp³-hybridized carbons (Fsp3) is 0.294. The average Bonchev–Trinajstić information content (AvgIpc) is 2.53. The van der Waals surface area contributed by atoms with Gasteiger partial charge in [-0.15, -0.1) is 11.8 Å². The number of quaternary nitrogens is 1. The molecule has 3 N–H and O–H groups in total. The van der Waals surface area contributed by atoms with Crippen molar-refractivity contribution in [3.05, 3.63) is 65.7 Å². The minimum atomic E-state index is -0.429. The smallest absolute Gasteiger partial charge is 0.130 e. The first kappa shape index (κ1) is 15.1. The maximum Gasteiger partial charge on any atom is 0.130 e. The predicted molar refractivity (Wildman–Crippen MR) is 84.7 cm³/mol. The van der Waals surface area contributed by atoms with E-state index in [1.54, 1.807) is 11.8 Å². The molecule has 20 heavy (non-hydrogen) atoms. The highest BCUT2D eigenvalue weighted by atomic mass is 32.2. The quantitative estimate of drug-likeness (QED) is 0.802. The van der Waals surface area contributed by atoms with Crippen molar-refractivity contribution in [3.8, 4) is 0 Å². The summed E-state index contributed by atoms with van der Waals surface area (Å²) < 4.78 is 0. The number of nitrogens with two attached hydrogens (primary N) is 1. The van der Waals surface area contributed by atoms with Crippen molar-refractivity contribution >= 4 is 11.8 Å². The van der Waals surface area contributed by atoms with E-state index >= 15 is 0 Å². The van der Waals surface area contributed by atoms with Gasteiger partial charge < -0.3 is 10.4 Å². The van der Waals surface area contributed by atoms with Crippen LogP contribution in [0.1, 0.15) is 24.2 Å². The molecule has 2 atom stereocenters. The van der Waals surface area contributed by atoms with E-state index in [1.165, 1.54) is 10.5 Å². The molecule has 2 aromatic rings. The second kappa shape index (κ2) is 7.48. The SMILES string of the molecule is CSc1ccc(C[NH2+][C@@H](C)[C@@H](O)c2ccccc2)cc1. The number of benzene rings is 2. The van der Waals surface area contributed by atoms with E-state index in [2.05, 4.69) is 42.8 Å². The molecule has 0 unspecified atom stereocenters. The molecule has 0 fully saturated rings. The standard InChI is InChI=1S/C17H21NOS/c1-13(17(19)15-6-4-3-5-7-15)18-12-14-8-10-16(20-2)11-9-14/h3-11,13,17-19H,12H2,1-2H3/p+1/t13-,17+/m0/s1. The van der Waals surface area contributed by atoms with Crippen molar-refractivity contribution in [3.63, 3.8) is 0 Å². The molecule has 0 bridgehead atoms. The molecule has 0 aliphatic rings. The molecular formula is C17H22NOS+. The van der Waals surface area contributed by atoms with E-state index in [0.29, 0.717) is 0 Å². The largest absolute Gasteiger partial charge is 0.382 e. The number of hydrogen-bond acceptors (Lipinski definition) is 2. The van der Waals surface area contributed by atoms with Crippen molar-refractivity contribution in [2.24, 2.45) is 0 Å². The van der Waals surface area contributed by atoms with E-state index in [0.717, 1.165) is 12.1 Å². The third-order valence-electron chi connectivity index (χ3n) is 3.52. The zero-order chi connectivity index (χ0) is 14.4. The Hall–Kier alpha value is -1.29. The fourth-order valence-corrected chi connectivity index (χ4v) is 2.57. The number of rotatable bonds is 6. The molecule has 0 amide bonds. The van der Waals surface area contributed by atoms with Gasteiger partial charge in [0.1, 0.15) is 18.7 Å². The summed E-state index contributed by atoms with van der Waals surface area (Å²) >= 11 is 1.75. The first-order valence-corrected chi connectivity index (χ1v) is 8.12. The van der Waals surface area contributed by atoms with Gasteiger partial charge in [-0.05, 0) is 30.9 Å². The summed E-state index contributed by atoms with van der Waals surface area (Å²) in [6.45, 7) is 2.95. The molecule has 0 aliphatic heterocycles. The average molecular weight is 288 g/mol. The highest BCUT2D eigenvalue weighted by Crippen LogP contribution is 2.15. The first-order chi connectivity index (χ1) is 9.70. The predicted octanol–water partition coefficient (Wildman–Crippen LogP) is 2.59. The van der Waals surface area contributed by atoms with Gasteiger partial charge in [-0.3, -0.25) is 0 Å². The van der Waals surface area contributed by atoms with Crippen LogP contribution < -0.4 is 5.32 Å². The van der Waals surface area contributed by atoms with Crippen LogP contribution in [0.3, 0.4) is 0 Å². The van der Waals surface area contributed by atoms with Crippen molar-refractivity contribution in [1.29, 1.82) is 0 Å². The van der Waals surface area contributed by atoms with E-state index in [1.807, 2.05) is 30.3 Å². The van der Waals surface area contributed by atoms with Crippen LogP contribution in [0, 0.1) is 0 Å². The van der Waals surface area contributed by atoms with Crippen LogP contribution in [-0.2, 0) is 6.54 Å². The van der Waals surface area contributed by atoms with Crippen molar-refractivity contribution in [2.75, 3.05) is 6.26 Å². The Morgan fingerprint density at radius 3 is 2.30 bits per heavy atom. The first-order valence-electron chi connectivity index (χ1n) is 6.90. The molecule has 0 aliphatic carbocycles. The van der Waals surface area contributed by atoms with Gasteiger partial charge >= 0.3 is 0 Å². The van der Waals surface area contributed by atoms with Crippen LogP contribution in [0.5, 0.6) is 0 Å². The zero-order valence-corrected chi connectivity index (χ0v) is 12.8. The maximum absolute atomic E-state index is 10.3. The van der Waals surface area contributed by atoms with Gasteiger partial charge in [0.15, 0.2) is 0 Å². The van der Waals surface area contributed by atoms with Crippen LogP contribution in [0.4, 0.5) is 0 Å². The highest BCUT2D eigenvalue weighted by molar-refractivity contribution is 7.98. The van der Waals surface area contributed by atoms with Gasteiger partial charge in [-0.25, -0.2) is 0 Å². The number of aliphatic hydroxyl groups excluding tert-OH is 1. The molecule has 2 aromatic carbocycles. The Morgan fingerprint density at radius 1 is 1.05 bits per heavy atom. The Kier molecular flexibility index (Phi) is 5.65. The van der Waals surface area contributed by atoms with Crippen molar-refractivity contribution < 1.29 is 10.4 Å². The van der Waals surface area contributed by atoms with Crippen LogP contribution in [0.2, 0.25) is 0 Å². The lowest BCUT2D eigenvalue weighted by Gasteiger charge is -2.17. The maximum atomic E-state index is 10.3. The summed E-state index contributed by atoms with van der Waals surface area (Å²) in [5, 5.41) is 12.5. The minimum absolute atomic E-state index is 0.137. The Balaban J connectivity index is 1.89. The van der Waals surface area contributed by atoms with Gasteiger partial charge in [0.2, 0.25) is 0 Å². The number of thioether (sulfide) groups is 1. The molecule has 0 aromatic heterocycles.